The lowest BCUT2D eigenvalue weighted by atomic mass is 10.0. The topological polar surface area (TPSA) is 52.6 Å². The Balaban J connectivity index is 1.64. The summed E-state index contributed by atoms with van der Waals surface area (Å²) in [6, 6.07) is 15.7. The van der Waals surface area contributed by atoms with Crippen molar-refractivity contribution in [2.24, 2.45) is 0 Å². The van der Waals surface area contributed by atoms with Crippen LogP contribution in [0.15, 0.2) is 48.5 Å². The van der Waals surface area contributed by atoms with Gasteiger partial charge in [0.25, 0.3) is 0 Å². The minimum atomic E-state index is -0.236. The SMILES string of the molecule is CCCCCCCCCc1ccccc1OC(=O)CCCCC(=O)Oc1ccccc1CCCCCCCCC. The second-order valence-corrected chi connectivity index (χ2v) is 11.1. The molecule has 0 aliphatic rings. The van der Waals surface area contributed by atoms with Gasteiger partial charge in [0.05, 0.1) is 0 Å². The number of unbranched alkanes of at least 4 members (excludes halogenated alkanes) is 13. The highest BCUT2D eigenvalue weighted by molar-refractivity contribution is 5.74. The molecule has 2 rings (SSSR count). The third kappa shape index (κ3) is 15.2. The predicted octanol–water partition coefficient (Wildman–Crippen LogP) is 10.3. The van der Waals surface area contributed by atoms with Gasteiger partial charge in [0.15, 0.2) is 0 Å². The molecule has 2 aromatic rings. The lowest BCUT2D eigenvalue weighted by molar-refractivity contribution is -0.136. The molecule has 0 amide bonds. The number of aryl methyl sites for hydroxylation is 2. The third-order valence-corrected chi connectivity index (χ3v) is 7.50. The van der Waals surface area contributed by atoms with E-state index in [-0.39, 0.29) is 11.9 Å². The second kappa shape index (κ2) is 22.1. The van der Waals surface area contributed by atoms with Crippen LogP contribution < -0.4 is 9.47 Å². The van der Waals surface area contributed by atoms with E-state index < -0.39 is 0 Å². The molecule has 4 nitrogen and oxygen atoms in total. The Hall–Kier alpha value is -2.62. The molecule has 222 valence electrons. The number of para-hydroxylation sites is 2. The zero-order valence-electron chi connectivity index (χ0n) is 25.4. The quantitative estimate of drug-likeness (QED) is 0.0784. The van der Waals surface area contributed by atoms with Gasteiger partial charge in [-0.3, -0.25) is 9.59 Å². The van der Waals surface area contributed by atoms with E-state index in [4.69, 9.17) is 9.47 Å². The van der Waals surface area contributed by atoms with E-state index in [2.05, 4.69) is 26.0 Å². The molecular weight excluding hydrogens is 496 g/mol. The molecule has 0 aliphatic carbocycles. The number of hydrogen-bond acceptors (Lipinski definition) is 4. The van der Waals surface area contributed by atoms with Gasteiger partial charge >= 0.3 is 11.9 Å². The molecule has 40 heavy (non-hydrogen) atoms. The average Bonchev–Trinajstić information content (AvgIpc) is 2.96. The Kier molecular flexibility index (Phi) is 18.6. The molecule has 0 aromatic heterocycles. The molecule has 0 radical (unpaired) electrons. The maximum Gasteiger partial charge on any atom is 0.311 e. The Morgan fingerprint density at radius 3 is 1.23 bits per heavy atom. The average molecular weight is 551 g/mol. The zero-order chi connectivity index (χ0) is 28.7. The molecule has 0 saturated carbocycles. The smallest absolute Gasteiger partial charge is 0.311 e. The first-order valence-electron chi connectivity index (χ1n) is 16.2. The van der Waals surface area contributed by atoms with E-state index in [0.717, 1.165) is 36.8 Å². The highest BCUT2D eigenvalue weighted by Crippen LogP contribution is 2.23. The van der Waals surface area contributed by atoms with Crippen molar-refractivity contribution in [3.8, 4) is 11.5 Å². The molecule has 0 heterocycles. The van der Waals surface area contributed by atoms with Crippen LogP contribution in [0.3, 0.4) is 0 Å². The monoisotopic (exact) mass is 550 g/mol. The predicted molar refractivity (Wildman–Crippen MR) is 166 cm³/mol. The molecule has 0 atom stereocenters. The third-order valence-electron chi connectivity index (χ3n) is 7.50. The molecule has 0 spiro atoms. The number of carbonyl (C=O) groups is 2. The van der Waals surface area contributed by atoms with Gasteiger partial charge in [-0.2, -0.15) is 0 Å². The lowest BCUT2D eigenvalue weighted by Gasteiger charge is -2.11. The molecule has 0 fully saturated rings. The molecular formula is C36H54O4. The second-order valence-electron chi connectivity index (χ2n) is 11.1. The highest BCUT2D eigenvalue weighted by Gasteiger charge is 2.12. The number of esters is 2. The number of hydrogen-bond donors (Lipinski definition) is 0. The van der Waals surface area contributed by atoms with Crippen molar-refractivity contribution in [3.05, 3.63) is 59.7 Å². The molecule has 0 unspecified atom stereocenters. The first-order chi connectivity index (χ1) is 19.6. The van der Waals surface area contributed by atoms with E-state index in [1.807, 2.05) is 36.4 Å². The van der Waals surface area contributed by atoms with Crippen LogP contribution in [-0.2, 0) is 22.4 Å². The fourth-order valence-electron chi connectivity index (χ4n) is 5.05. The van der Waals surface area contributed by atoms with Crippen molar-refractivity contribution >= 4 is 11.9 Å². The van der Waals surface area contributed by atoms with Crippen molar-refractivity contribution < 1.29 is 19.1 Å². The van der Waals surface area contributed by atoms with Crippen molar-refractivity contribution in [1.82, 2.24) is 0 Å². The van der Waals surface area contributed by atoms with E-state index in [1.54, 1.807) is 0 Å². The van der Waals surface area contributed by atoms with E-state index >= 15 is 0 Å². The van der Waals surface area contributed by atoms with Gasteiger partial charge in [0, 0.05) is 12.8 Å². The van der Waals surface area contributed by atoms with Crippen LogP contribution in [0.2, 0.25) is 0 Å². The minimum Gasteiger partial charge on any atom is -0.426 e. The summed E-state index contributed by atoms with van der Waals surface area (Å²) < 4.78 is 11.4. The van der Waals surface area contributed by atoms with Gasteiger partial charge in [-0.15, -0.1) is 0 Å². The van der Waals surface area contributed by atoms with Crippen LogP contribution >= 0.6 is 0 Å². The maximum atomic E-state index is 12.5. The number of rotatable bonds is 23. The van der Waals surface area contributed by atoms with Crippen molar-refractivity contribution in [3.63, 3.8) is 0 Å². The Labute approximate surface area is 244 Å². The molecule has 0 bridgehead atoms. The Morgan fingerprint density at radius 2 is 0.825 bits per heavy atom. The highest BCUT2D eigenvalue weighted by atomic mass is 16.5. The van der Waals surface area contributed by atoms with Crippen LogP contribution in [0.4, 0.5) is 0 Å². The molecule has 4 heteroatoms. The summed E-state index contributed by atoms with van der Waals surface area (Å²) in [5.41, 5.74) is 2.20. The minimum absolute atomic E-state index is 0.236. The van der Waals surface area contributed by atoms with Gasteiger partial charge in [-0.25, -0.2) is 0 Å². The standard InChI is InChI=1S/C36H54O4/c1-3-5-7-9-11-13-15-23-31-25-17-19-27-33(31)39-35(37)29-21-22-30-36(38)40-34-28-20-18-26-32(34)24-16-14-12-10-8-6-4-2/h17-20,25-28H,3-16,21-24,29-30H2,1-2H3. The number of ether oxygens (including phenoxy) is 2. The van der Waals surface area contributed by atoms with Gasteiger partial charge in [-0.1, -0.05) is 127 Å². The maximum absolute atomic E-state index is 12.5. The van der Waals surface area contributed by atoms with E-state index in [9.17, 15) is 9.59 Å². The molecule has 2 aromatic carbocycles. The lowest BCUT2D eigenvalue weighted by Crippen LogP contribution is -2.11. The van der Waals surface area contributed by atoms with Crippen LogP contribution in [0, 0.1) is 0 Å². The van der Waals surface area contributed by atoms with Gasteiger partial charge in [-0.05, 0) is 61.8 Å². The number of benzene rings is 2. The van der Waals surface area contributed by atoms with Gasteiger partial charge < -0.3 is 9.47 Å². The summed E-state index contributed by atoms with van der Waals surface area (Å²) >= 11 is 0. The first-order valence-corrected chi connectivity index (χ1v) is 16.2. The summed E-state index contributed by atoms with van der Waals surface area (Å²) in [6.45, 7) is 4.48. The first kappa shape index (κ1) is 33.6. The summed E-state index contributed by atoms with van der Waals surface area (Å²) in [5.74, 6) is 0.881. The van der Waals surface area contributed by atoms with Crippen molar-refractivity contribution in [2.75, 3.05) is 0 Å². The van der Waals surface area contributed by atoms with Gasteiger partial charge in [0.2, 0.25) is 0 Å². The van der Waals surface area contributed by atoms with Crippen LogP contribution in [0.1, 0.15) is 141 Å². The van der Waals surface area contributed by atoms with Crippen molar-refractivity contribution in [2.45, 2.75) is 142 Å². The molecule has 0 saturated heterocycles. The largest absolute Gasteiger partial charge is 0.426 e. The van der Waals surface area contributed by atoms with Crippen molar-refractivity contribution in [1.29, 1.82) is 0 Å². The van der Waals surface area contributed by atoms with Crippen LogP contribution in [0.25, 0.3) is 0 Å². The molecule has 0 N–H and O–H groups in total. The Bertz CT molecular complexity index is 874. The summed E-state index contributed by atoms with van der Waals surface area (Å²) in [5, 5.41) is 0. The normalized spacial score (nSPS) is 10.9. The molecule has 0 aliphatic heterocycles. The Morgan fingerprint density at radius 1 is 0.475 bits per heavy atom. The summed E-state index contributed by atoms with van der Waals surface area (Å²) in [6.07, 6.45) is 21.4. The summed E-state index contributed by atoms with van der Waals surface area (Å²) in [7, 11) is 0. The van der Waals surface area contributed by atoms with Crippen LogP contribution in [0.5, 0.6) is 11.5 Å². The fraction of sp³-hybridized carbons (Fsp3) is 0.611. The fourth-order valence-corrected chi connectivity index (χ4v) is 5.05. The summed E-state index contributed by atoms with van der Waals surface area (Å²) in [4.78, 5) is 25.0. The van der Waals surface area contributed by atoms with E-state index in [1.165, 1.54) is 77.0 Å². The number of carbonyl (C=O) groups excluding carboxylic acids is 2. The van der Waals surface area contributed by atoms with Crippen LogP contribution in [-0.4, -0.2) is 11.9 Å². The van der Waals surface area contributed by atoms with Gasteiger partial charge in [0.1, 0.15) is 11.5 Å². The zero-order valence-corrected chi connectivity index (χ0v) is 25.4. The van der Waals surface area contributed by atoms with E-state index in [0.29, 0.717) is 37.2 Å².